The van der Waals surface area contributed by atoms with Crippen LogP contribution in [-0.4, -0.2) is 12.0 Å². The molecule has 6 heteroatoms. The molecule has 0 aliphatic rings. The van der Waals surface area contributed by atoms with E-state index in [2.05, 4.69) is 26.2 Å². The smallest absolute Gasteiger partial charge is 0.132 e. The number of benzene rings is 1. The predicted molar refractivity (Wildman–Crippen MR) is 77.2 cm³/mol. The molecule has 0 unspecified atom stereocenters. The number of ether oxygens (including phenoxy) is 1. The minimum absolute atomic E-state index is 0.171. The lowest BCUT2D eigenvalue weighted by Gasteiger charge is -2.09. The zero-order valence-electron chi connectivity index (χ0n) is 10.1. The van der Waals surface area contributed by atoms with Crippen molar-refractivity contribution in [3.8, 4) is 5.75 Å². The molecule has 0 aliphatic carbocycles. The van der Waals surface area contributed by atoms with Crippen LogP contribution in [0.5, 0.6) is 5.75 Å². The average Bonchev–Trinajstić information content (AvgIpc) is 2.37. The fourth-order valence-corrected chi connectivity index (χ4v) is 2.09. The molecule has 1 aromatic carbocycles. The van der Waals surface area contributed by atoms with Crippen molar-refractivity contribution < 1.29 is 9.13 Å². The molecule has 1 N–H and O–H groups in total. The Morgan fingerprint density at radius 2 is 2.16 bits per heavy atom. The average molecular weight is 346 g/mol. The van der Waals surface area contributed by atoms with E-state index in [0.717, 1.165) is 0 Å². The molecule has 0 saturated carbocycles. The summed E-state index contributed by atoms with van der Waals surface area (Å²) < 4.78 is 19.3. The third-order valence-electron chi connectivity index (χ3n) is 2.39. The lowest BCUT2D eigenvalue weighted by molar-refractivity contribution is 0.300. The van der Waals surface area contributed by atoms with Crippen LogP contribution >= 0.6 is 27.5 Å². The van der Waals surface area contributed by atoms with Gasteiger partial charge in [-0.25, -0.2) is 9.37 Å². The number of aromatic nitrogens is 1. The molecule has 0 amide bonds. The van der Waals surface area contributed by atoms with Crippen molar-refractivity contribution in [1.82, 2.24) is 4.98 Å². The summed E-state index contributed by atoms with van der Waals surface area (Å²) >= 11 is 9.23. The summed E-state index contributed by atoms with van der Waals surface area (Å²) in [4.78, 5) is 4.28. The number of anilines is 1. The van der Waals surface area contributed by atoms with Crippen LogP contribution in [-0.2, 0) is 6.61 Å². The van der Waals surface area contributed by atoms with Gasteiger partial charge >= 0.3 is 0 Å². The van der Waals surface area contributed by atoms with Gasteiger partial charge in [-0.15, -0.1) is 0 Å². The number of halogens is 3. The van der Waals surface area contributed by atoms with Crippen molar-refractivity contribution in [3.05, 3.63) is 51.3 Å². The first-order chi connectivity index (χ1) is 9.08. The number of nitrogens with one attached hydrogen (secondary N) is 1. The summed E-state index contributed by atoms with van der Waals surface area (Å²) in [5.74, 6) is 0.746. The summed E-state index contributed by atoms with van der Waals surface area (Å²) in [6, 6.07) is 7.85. The molecular weight excluding hydrogens is 335 g/mol. The minimum Gasteiger partial charge on any atom is -0.487 e. The Morgan fingerprint density at radius 1 is 1.37 bits per heavy atom. The minimum atomic E-state index is -0.368. The lowest BCUT2D eigenvalue weighted by atomic mass is 10.3. The molecule has 0 bridgehead atoms. The topological polar surface area (TPSA) is 34.1 Å². The van der Waals surface area contributed by atoms with Gasteiger partial charge in [-0.3, -0.25) is 0 Å². The zero-order chi connectivity index (χ0) is 13.8. The van der Waals surface area contributed by atoms with Gasteiger partial charge in [0.1, 0.15) is 24.0 Å². The Kier molecular flexibility index (Phi) is 4.61. The quantitative estimate of drug-likeness (QED) is 0.899. The normalized spacial score (nSPS) is 10.3. The third-order valence-corrected chi connectivity index (χ3v) is 3.19. The number of nitrogens with zero attached hydrogens (tertiary/aromatic N) is 1. The maximum atomic E-state index is 13.2. The fraction of sp³-hybridized carbons (Fsp3) is 0.154. The number of hydrogen-bond acceptors (Lipinski definition) is 3. The Labute approximate surface area is 123 Å². The second-order valence-electron chi connectivity index (χ2n) is 3.77. The van der Waals surface area contributed by atoms with E-state index in [1.165, 1.54) is 12.1 Å². The van der Waals surface area contributed by atoms with Crippen LogP contribution in [0.3, 0.4) is 0 Å². The van der Waals surface area contributed by atoms with Crippen molar-refractivity contribution in [3.63, 3.8) is 0 Å². The second kappa shape index (κ2) is 6.21. The van der Waals surface area contributed by atoms with Crippen LogP contribution in [0.2, 0.25) is 5.02 Å². The molecule has 0 saturated heterocycles. The summed E-state index contributed by atoms with van der Waals surface area (Å²) in [5.41, 5.74) is 0.592. The molecule has 3 nitrogen and oxygen atoms in total. The molecule has 2 aromatic rings. The Balaban J connectivity index is 2.13. The molecule has 2 rings (SSSR count). The highest BCUT2D eigenvalue weighted by atomic mass is 79.9. The molecule has 1 heterocycles. The van der Waals surface area contributed by atoms with Gasteiger partial charge in [0, 0.05) is 17.6 Å². The molecule has 19 heavy (non-hydrogen) atoms. The maximum absolute atomic E-state index is 13.2. The van der Waals surface area contributed by atoms with Crippen LogP contribution in [0.4, 0.5) is 10.2 Å². The Hall–Kier alpha value is -1.33. The fourth-order valence-electron chi connectivity index (χ4n) is 1.49. The molecule has 0 atom stereocenters. The van der Waals surface area contributed by atoms with Gasteiger partial charge in [0.2, 0.25) is 0 Å². The highest BCUT2D eigenvalue weighted by Crippen LogP contribution is 2.23. The highest BCUT2D eigenvalue weighted by Gasteiger charge is 2.06. The molecule has 0 fully saturated rings. The predicted octanol–water partition coefficient (Wildman–Crippen LogP) is 4.26. The SMILES string of the molecule is CNc1ccc(Cl)c(COc2cc(F)cc(Br)c2)n1. The standard InChI is InChI=1S/C13H11BrClFN2O/c1-17-13-3-2-11(15)12(18-13)7-19-10-5-8(14)4-9(16)6-10/h2-6H,7H2,1H3,(H,17,18). The van der Waals surface area contributed by atoms with Gasteiger partial charge in [-0.05, 0) is 24.3 Å². The number of pyridine rings is 1. The van der Waals surface area contributed by atoms with Crippen molar-refractivity contribution in [2.75, 3.05) is 12.4 Å². The van der Waals surface area contributed by atoms with E-state index in [1.54, 1.807) is 25.2 Å². The molecule has 0 radical (unpaired) electrons. The number of rotatable bonds is 4. The summed E-state index contributed by atoms with van der Waals surface area (Å²) in [6.45, 7) is 0.171. The van der Waals surface area contributed by atoms with Crippen LogP contribution in [0.15, 0.2) is 34.8 Å². The maximum Gasteiger partial charge on any atom is 0.132 e. The van der Waals surface area contributed by atoms with E-state index in [-0.39, 0.29) is 12.4 Å². The van der Waals surface area contributed by atoms with E-state index >= 15 is 0 Å². The monoisotopic (exact) mass is 344 g/mol. The van der Waals surface area contributed by atoms with Crippen LogP contribution in [0.25, 0.3) is 0 Å². The summed E-state index contributed by atoms with van der Waals surface area (Å²) in [6.07, 6.45) is 0. The van der Waals surface area contributed by atoms with Crippen molar-refractivity contribution >= 4 is 33.3 Å². The summed E-state index contributed by atoms with van der Waals surface area (Å²) in [7, 11) is 1.77. The van der Waals surface area contributed by atoms with E-state index < -0.39 is 0 Å². The van der Waals surface area contributed by atoms with Crippen molar-refractivity contribution in [2.24, 2.45) is 0 Å². The second-order valence-corrected chi connectivity index (χ2v) is 5.09. The molecular formula is C13H11BrClFN2O. The third kappa shape index (κ3) is 3.81. The van der Waals surface area contributed by atoms with Crippen molar-refractivity contribution in [2.45, 2.75) is 6.61 Å². The molecule has 1 aromatic heterocycles. The first-order valence-corrected chi connectivity index (χ1v) is 6.67. The summed E-state index contributed by atoms with van der Waals surface area (Å²) in [5, 5.41) is 3.43. The largest absolute Gasteiger partial charge is 0.487 e. The molecule has 0 aliphatic heterocycles. The van der Waals surface area contributed by atoms with Crippen LogP contribution < -0.4 is 10.1 Å². The van der Waals surface area contributed by atoms with Gasteiger partial charge in [-0.1, -0.05) is 27.5 Å². The van der Waals surface area contributed by atoms with Gasteiger partial charge in [0.15, 0.2) is 0 Å². The van der Waals surface area contributed by atoms with Crippen LogP contribution in [0.1, 0.15) is 5.69 Å². The Morgan fingerprint density at radius 3 is 2.84 bits per heavy atom. The van der Waals surface area contributed by atoms with Gasteiger partial charge in [-0.2, -0.15) is 0 Å². The highest BCUT2D eigenvalue weighted by molar-refractivity contribution is 9.10. The van der Waals surface area contributed by atoms with Crippen LogP contribution in [0, 0.1) is 5.82 Å². The van der Waals surface area contributed by atoms with E-state index in [4.69, 9.17) is 16.3 Å². The van der Waals surface area contributed by atoms with Gasteiger partial charge in [0.05, 0.1) is 10.7 Å². The zero-order valence-corrected chi connectivity index (χ0v) is 12.4. The first kappa shape index (κ1) is 14.1. The van der Waals surface area contributed by atoms with E-state index in [9.17, 15) is 4.39 Å². The van der Waals surface area contributed by atoms with Crippen molar-refractivity contribution in [1.29, 1.82) is 0 Å². The first-order valence-electron chi connectivity index (χ1n) is 5.50. The van der Waals surface area contributed by atoms with Gasteiger partial charge < -0.3 is 10.1 Å². The molecule has 100 valence electrons. The van der Waals surface area contributed by atoms with Gasteiger partial charge in [0.25, 0.3) is 0 Å². The van der Waals surface area contributed by atoms with E-state index in [1.807, 2.05) is 0 Å². The Bertz CT molecular complexity index is 575. The number of hydrogen-bond donors (Lipinski definition) is 1. The molecule has 0 spiro atoms. The lowest BCUT2D eigenvalue weighted by Crippen LogP contribution is -2.02. The van der Waals surface area contributed by atoms with E-state index in [0.29, 0.717) is 26.8 Å².